The number of anilines is 2. The number of nitrogens with zero attached hydrogens (tertiary/aromatic N) is 3. The Bertz CT molecular complexity index is 1190. The number of hydrogen-bond donors (Lipinski definition) is 3. The van der Waals surface area contributed by atoms with Crippen molar-refractivity contribution in [2.24, 2.45) is 12.8 Å². The second-order valence-corrected chi connectivity index (χ2v) is 8.17. The van der Waals surface area contributed by atoms with E-state index in [-0.39, 0.29) is 18.3 Å². The molecule has 0 atom stereocenters. The van der Waals surface area contributed by atoms with Crippen LogP contribution in [0.25, 0.3) is 21.3 Å². The Morgan fingerprint density at radius 3 is 2.80 bits per heavy atom. The van der Waals surface area contributed by atoms with Crippen LogP contribution in [0.5, 0.6) is 0 Å². The summed E-state index contributed by atoms with van der Waals surface area (Å²) in [6.07, 6.45) is 1.77. The highest BCUT2D eigenvalue weighted by atomic mass is 35.5. The number of rotatable bonds is 7. The molecule has 0 aliphatic rings. The Balaban J connectivity index is 0.00000256. The van der Waals surface area contributed by atoms with E-state index in [0.717, 1.165) is 39.2 Å². The third kappa shape index (κ3) is 4.67. The lowest BCUT2D eigenvalue weighted by Gasteiger charge is -2.05. The molecule has 2 heterocycles. The Morgan fingerprint density at radius 1 is 1.17 bits per heavy atom. The largest absolute Gasteiger partial charge is 0.352 e. The summed E-state index contributed by atoms with van der Waals surface area (Å²) in [4.78, 5) is 21.6. The number of amides is 1. The summed E-state index contributed by atoms with van der Waals surface area (Å²) in [5.74, 6) is 0.554. The number of imidazole rings is 1. The molecule has 0 fully saturated rings. The fourth-order valence-corrected chi connectivity index (χ4v) is 4.21. The predicted molar refractivity (Wildman–Crippen MR) is 126 cm³/mol. The van der Waals surface area contributed by atoms with Gasteiger partial charge < -0.3 is 20.9 Å². The number of hydrogen-bond acceptors (Lipinski definition) is 6. The molecule has 0 saturated carbocycles. The lowest BCUT2D eigenvalue weighted by atomic mass is 10.2. The number of carbonyl (C=O) groups excluding carboxylic acids is 1. The van der Waals surface area contributed by atoms with Crippen molar-refractivity contribution in [3.8, 4) is 0 Å². The van der Waals surface area contributed by atoms with Crippen molar-refractivity contribution in [3.63, 3.8) is 0 Å². The molecule has 7 nitrogen and oxygen atoms in total. The van der Waals surface area contributed by atoms with Crippen molar-refractivity contribution in [1.29, 1.82) is 0 Å². The van der Waals surface area contributed by atoms with Gasteiger partial charge in [0.15, 0.2) is 5.13 Å². The normalized spacial score (nSPS) is 10.9. The number of thiazole rings is 1. The third-order valence-electron chi connectivity index (χ3n) is 4.63. The topological polar surface area (TPSA) is 97.9 Å². The maximum Gasteiger partial charge on any atom is 0.251 e. The molecule has 0 aliphatic carbocycles. The van der Waals surface area contributed by atoms with Crippen molar-refractivity contribution in [1.82, 2.24) is 19.9 Å². The van der Waals surface area contributed by atoms with Gasteiger partial charge in [0.25, 0.3) is 5.91 Å². The van der Waals surface area contributed by atoms with Crippen molar-refractivity contribution < 1.29 is 4.79 Å². The molecule has 2 aromatic carbocycles. The van der Waals surface area contributed by atoms with Gasteiger partial charge in [-0.05, 0) is 55.8 Å². The highest BCUT2D eigenvalue weighted by molar-refractivity contribution is 7.22. The minimum atomic E-state index is -0.105. The Morgan fingerprint density at radius 2 is 2.00 bits per heavy atom. The van der Waals surface area contributed by atoms with Gasteiger partial charge in [-0.1, -0.05) is 22.9 Å². The first kappa shape index (κ1) is 22.3. The van der Waals surface area contributed by atoms with Crippen LogP contribution in [-0.2, 0) is 7.05 Å². The molecule has 4 N–H and O–H groups in total. The average molecular weight is 465 g/mol. The van der Waals surface area contributed by atoms with Gasteiger partial charge in [-0.25, -0.2) is 9.97 Å². The van der Waals surface area contributed by atoms with Crippen molar-refractivity contribution in [3.05, 3.63) is 47.0 Å². The second kappa shape index (κ2) is 9.61. The Kier molecular flexibility index (Phi) is 7.14. The molecule has 0 saturated heterocycles. The number of benzene rings is 2. The summed E-state index contributed by atoms with van der Waals surface area (Å²) in [7, 11) is 1.93. The van der Waals surface area contributed by atoms with Crippen LogP contribution < -0.4 is 16.4 Å². The monoisotopic (exact) mass is 464 g/mol. The standard InChI is InChI=1S/C20H21ClN6OS.ClH/c1-27-16-7-4-12(18(28)23-9-3-2-8-22)10-15(16)24-19(27)26-20-25-14-6-5-13(21)11-17(14)29-20;/h4-7,10-11H,2-3,8-9,22H2,1H3,(H,23,28)(H,24,25,26);1H. The van der Waals surface area contributed by atoms with E-state index in [4.69, 9.17) is 17.3 Å². The van der Waals surface area contributed by atoms with E-state index in [2.05, 4.69) is 20.6 Å². The molecule has 0 aliphatic heterocycles. The molecule has 1 amide bonds. The summed E-state index contributed by atoms with van der Waals surface area (Å²) >= 11 is 7.57. The molecular weight excluding hydrogens is 443 g/mol. The first-order valence-corrected chi connectivity index (χ1v) is 10.5. The predicted octanol–water partition coefficient (Wildman–Crippen LogP) is 4.47. The van der Waals surface area contributed by atoms with Crippen molar-refractivity contribution in [2.45, 2.75) is 12.8 Å². The maximum absolute atomic E-state index is 12.3. The van der Waals surface area contributed by atoms with Gasteiger partial charge in [-0.2, -0.15) is 0 Å². The van der Waals surface area contributed by atoms with Gasteiger partial charge >= 0.3 is 0 Å². The van der Waals surface area contributed by atoms with E-state index in [1.165, 1.54) is 11.3 Å². The van der Waals surface area contributed by atoms with E-state index in [1.54, 1.807) is 6.07 Å². The van der Waals surface area contributed by atoms with Gasteiger partial charge in [0.1, 0.15) is 0 Å². The zero-order valence-electron chi connectivity index (χ0n) is 16.3. The minimum absolute atomic E-state index is 0. The number of halogens is 2. The lowest BCUT2D eigenvalue weighted by molar-refractivity contribution is 0.0953. The van der Waals surface area contributed by atoms with Crippen LogP contribution in [0.2, 0.25) is 5.02 Å². The molecule has 158 valence electrons. The molecule has 0 unspecified atom stereocenters. The number of aryl methyl sites for hydroxylation is 1. The molecule has 4 rings (SSSR count). The van der Waals surface area contributed by atoms with E-state index in [0.29, 0.717) is 29.6 Å². The van der Waals surface area contributed by atoms with Gasteiger partial charge in [0, 0.05) is 24.2 Å². The Labute approximate surface area is 189 Å². The molecule has 0 radical (unpaired) electrons. The molecular formula is C20H22Cl2N6OS. The summed E-state index contributed by atoms with van der Waals surface area (Å²) in [5.41, 5.74) is 8.62. The van der Waals surface area contributed by atoms with Crippen LogP contribution in [0.4, 0.5) is 11.1 Å². The highest BCUT2D eigenvalue weighted by Gasteiger charge is 2.13. The number of aromatic nitrogens is 3. The van der Waals surface area contributed by atoms with E-state index in [1.807, 2.05) is 41.9 Å². The zero-order valence-corrected chi connectivity index (χ0v) is 18.7. The summed E-state index contributed by atoms with van der Waals surface area (Å²) in [6.45, 7) is 1.25. The quantitative estimate of drug-likeness (QED) is 0.350. The average Bonchev–Trinajstić information content (AvgIpc) is 3.25. The van der Waals surface area contributed by atoms with E-state index in [9.17, 15) is 4.79 Å². The first-order chi connectivity index (χ1) is 14.0. The molecule has 2 aromatic heterocycles. The van der Waals surface area contributed by atoms with Crippen molar-refractivity contribution in [2.75, 3.05) is 18.4 Å². The first-order valence-electron chi connectivity index (χ1n) is 9.33. The van der Waals surface area contributed by atoms with Gasteiger partial charge in [-0.15, -0.1) is 12.4 Å². The smallest absolute Gasteiger partial charge is 0.251 e. The van der Waals surface area contributed by atoms with Gasteiger partial charge in [0.2, 0.25) is 5.95 Å². The molecule has 10 heteroatoms. The summed E-state index contributed by atoms with van der Waals surface area (Å²) < 4.78 is 2.95. The summed E-state index contributed by atoms with van der Waals surface area (Å²) in [5, 5.41) is 7.61. The second-order valence-electron chi connectivity index (χ2n) is 6.71. The van der Waals surface area contributed by atoms with Crippen LogP contribution >= 0.6 is 35.3 Å². The number of carbonyl (C=O) groups is 1. The molecule has 0 spiro atoms. The fourth-order valence-electron chi connectivity index (χ4n) is 3.07. The number of nitrogens with one attached hydrogen (secondary N) is 2. The van der Waals surface area contributed by atoms with Crippen LogP contribution in [0.3, 0.4) is 0 Å². The zero-order chi connectivity index (χ0) is 20.4. The number of unbranched alkanes of at least 4 members (excludes halogenated alkanes) is 1. The van der Waals surface area contributed by atoms with Gasteiger partial charge in [0.05, 0.1) is 21.3 Å². The van der Waals surface area contributed by atoms with E-state index < -0.39 is 0 Å². The van der Waals surface area contributed by atoms with Crippen LogP contribution in [0, 0.1) is 0 Å². The van der Waals surface area contributed by atoms with Crippen molar-refractivity contribution >= 4 is 73.6 Å². The highest BCUT2D eigenvalue weighted by Crippen LogP contribution is 2.31. The van der Waals surface area contributed by atoms with Crippen LogP contribution in [0.15, 0.2) is 36.4 Å². The van der Waals surface area contributed by atoms with E-state index >= 15 is 0 Å². The third-order valence-corrected chi connectivity index (χ3v) is 5.80. The molecule has 4 aromatic rings. The summed E-state index contributed by atoms with van der Waals surface area (Å²) in [6, 6.07) is 11.1. The minimum Gasteiger partial charge on any atom is -0.352 e. The fraction of sp³-hybridized carbons (Fsp3) is 0.250. The van der Waals surface area contributed by atoms with Gasteiger partial charge in [-0.3, -0.25) is 4.79 Å². The van der Waals surface area contributed by atoms with Crippen LogP contribution in [0.1, 0.15) is 23.2 Å². The number of nitrogens with two attached hydrogens (primary N) is 1. The molecule has 0 bridgehead atoms. The van der Waals surface area contributed by atoms with Crippen LogP contribution in [-0.4, -0.2) is 33.5 Å². The SMILES string of the molecule is Cl.Cn1c(Nc2nc3ccc(Cl)cc3s2)nc2cc(C(=O)NCCCCN)ccc21. The lowest BCUT2D eigenvalue weighted by Crippen LogP contribution is -2.24. The maximum atomic E-state index is 12.3. The molecule has 30 heavy (non-hydrogen) atoms. The number of fused-ring (bicyclic) bond motifs is 2. The Hall–Kier alpha value is -2.39.